The van der Waals surface area contributed by atoms with Crippen LogP contribution in [-0.4, -0.2) is 24.4 Å². The SMILES string of the molecule is CON=C(C(N)=O)c1ccccc1CON=C(C)[C@@H]1C[C@H]1c1ccccc1. The van der Waals surface area contributed by atoms with Crippen molar-refractivity contribution in [3.63, 3.8) is 0 Å². The summed E-state index contributed by atoms with van der Waals surface area (Å²) in [7, 11) is 1.37. The Kier molecular flexibility index (Phi) is 5.86. The van der Waals surface area contributed by atoms with Crippen molar-refractivity contribution in [2.45, 2.75) is 25.9 Å². The first-order chi connectivity index (χ1) is 13.1. The van der Waals surface area contributed by atoms with Gasteiger partial charge in [0, 0.05) is 17.0 Å². The Balaban J connectivity index is 1.65. The van der Waals surface area contributed by atoms with Crippen molar-refractivity contribution >= 4 is 17.3 Å². The number of primary amides is 1. The van der Waals surface area contributed by atoms with E-state index in [9.17, 15) is 4.79 Å². The van der Waals surface area contributed by atoms with E-state index >= 15 is 0 Å². The highest BCUT2D eigenvalue weighted by molar-refractivity contribution is 6.45. The number of nitrogens with two attached hydrogens (primary N) is 1. The molecule has 2 aromatic carbocycles. The summed E-state index contributed by atoms with van der Waals surface area (Å²) in [6.07, 6.45) is 1.09. The van der Waals surface area contributed by atoms with Crippen LogP contribution in [0, 0.1) is 5.92 Å². The average molecular weight is 365 g/mol. The van der Waals surface area contributed by atoms with Crippen LogP contribution in [0.1, 0.15) is 36.0 Å². The maximum atomic E-state index is 11.6. The number of amides is 1. The smallest absolute Gasteiger partial charge is 0.271 e. The minimum Gasteiger partial charge on any atom is -0.398 e. The molecule has 1 amide bonds. The molecule has 6 heteroatoms. The van der Waals surface area contributed by atoms with Crippen LogP contribution in [0.5, 0.6) is 0 Å². The first-order valence-electron chi connectivity index (χ1n) is 8.82. The topological polar surface area (TPSA) is 86.3 Å². The first-order valence-corrected chi connectivity index (χ1v) is 8.82. The fourth-order valence-electron chi connectivity index (χ4n) is 3.19. The van der Waals surface area contributed by atoms with Gasteiger partial charge in [-0.15, -0.1) is 0 Å². The van der Waals surface area contributed by atoms with Gasteiger partial charge in [0.1, 0.15) is 13.7 Å². The van der Waals surface area contributed by atoms with E-state index < -0.39 is 5.91 Å². The van der Waals surface area contributed by atoms with E-state index in [1.165, 1.54) is 12.7 Å². The predicted octanol–water partition coefficient (Wildman–Crippen LogP) is 3.22. The monoisotopic (exact) mass is 365 g/mol. The van der Waals surface area contributed by atoms with Gasteiger partial charge in [0.05, 0.1) is 5.71 Å². The van der Waals surface area contributed by atoms with E-state index in [0.29, 0.717) is 17.4 Å². The predicted molar refractivity (Wildman–Crippen MR) is 104 cm³/mol. The van der Waals surface area contributed by atoms with Crippen LogP contribution in [0.2, 0.25) is 0 Å². The van der Waals surface area contributed by atoms with E-state index in [0.717, 1.165) is 17.7 Å². The summed E-state index contributed by atoms with van der Waals surface area (Å²) in [6.45, 7) is 2.20. The van der Waals surface area contributed by atoms with E-state index in [1.807, 2.05) is 25.1 Å². The van der Waals surface area contributed by atoms with Crippen LogP contribution < -0.4 is 5.73 Å². The highest BCUT2D eigenvalue weighted by atomic mass is 16.6. The van der Waals surface area contributed by atoms with Gasteiger partial charge in [-0.05, 0) is 24.8 Å². The summed E-state index contributed by atoms with van der Waals surface area (Å²) in [5, 5.41) is 8.01. The third kappa shape index (κ3) is 4.53. The average Bonchev–Trinajstić information content (AvgIpc) is 3.48. The van der Waals surface area contributed by atoms with Crippen LogP contribution in [0.25, 0.3) is 0 Å². The van der Waals surface area contributed by atoms with Gasteiger partial charge in [-0.3, -0.25) is 4.79 Å². The third-order valence-electron chi connectivity index (χ3n) is 4.67. The molecule has 0 saturated heterocycles. The van der Waals surface area contributed by atoms with Crippen molar-refractivity contribution < 1.29 is 14.5 Å². The number of nitrogens with zero attached hydrogens (tertiary/aromatic N) is 2. The van der Waals surface area contributed by atoms with Gasteiger partial charge in [-0.25, -0.2) is 0 Å². The molecule has 1 saturated carbocycles. The zero-order chi connectivity index (χ0) is 19.2. The molecule has 0 radical (unpaired) electrons. The summed E-state index contributed by atoms with van der Waals surface area (Å²) in [5.41, 5.74) is 9.11. The van der Waals surface area contributed by atoms with Crippen LogP contribution in [0.15, 0.2) is 64.9 Å². The lowest BCUT2D eigenvalue weighted by atomic mass is 10.0. The fourth-order valence-corrected chi connectivity index (χ4v) is 3.19. The molecule has 0 heterocycles. The van der Waals surface area contributed by atoms with Crippen LogP contribution in [0.3, 0.4) is 0 Å². The molecule has 2 N–H and O–H groups in total. The molecular weight excluding hydrogens is 342 g/mol. The number of carbonyl (C=O) groups is 1. The van der Waals surface area contributed by atoms with Crippen molar-refractivity contribution in [1.82, 2.24) is 0 Å². The Hall–Kier alpha value is -3.15. The lowest BCUT2D eigenvalue weighted by Crippen LogP contribution is -2.25. The third-order valence-corrected chi connectivity index (χ3v) is 4.67. The second-order valence-corrected chi connectivity index (χ2v) is 6.51. The summed E-state index contributed by atoms with van der Waals surface area (Å²) in [5.74, 6) is 0.271. The standard InChI is InChI=1S/C21H23N3O3/c1-14(18-12-19(18)15-8-4-3-5-9-15)23-27-13-16-10-6-7-11-17(16)20(21(22)25)24-26-2/h3-11,18-19H,12-13H2,1-2H3,(H2,22,25)/t18-,19-/m0/s1. The largest absolute Gasteiger partial charge is 0.398 e. The zero-order valence-electron chi connectivity index (χ0n) is 15.5. The summed E-state index contributed by atoms with van der Waals surface area (Å²) in [6, 6.07) is 17.7. The quantitative estimate of drug-likeness (QED) is 0.576. The van der Waals surface area contributed by atoms with Crippen molar-refractivity contribution in [2.24, 2.45) is 22.0 Å². The molecule has 2 atom stereocenters. The van der Waals surface area contributed by atoms with Gasteiger partial charge >= 0.3 is 0 Å². The second kappa shape index (κ2) is 8.49. The number of hydrogen-bond donors (Lipinski definition) is 1. The molecule has 0 spiro atoms. The molecular formula is C21H23N3O3. The van der Waals surface area contributed by atoms with Gasteiger partial charge in [0.15, 0.2) is 5.71 Å². The van der Waals surface area contributed by atoms with Crippen molar-refractivity contribution in [3.05, 3.63) is 71.3 Å². The van der Waals surface area contributed by atoms with Gasteiger partial charge in [-0.2, -0.15) is 0 Å². The van der Waals surface area contributed by atoms with E-state index in [-0.39, 0.29) is 12.3 Å². The molecule has 6 nitrogen and oxygen atoms in total. The number of oxime groups is 2. The van der Waals surface area contributed by atoms with Crippen molar-refractivity contribution in [2.75, 3.05) is 7.11 Å². The van der Waals surface area contributed by atoms with Crippen LogP contribution >= 0.6 is 0 Å². The number of hydrogen-bond acceptors (Lipinski definition) is 5. The highest BCUT2D eigenvalue weighted by Gasteiger charge is 2.40. The maximum Gasteiger partial charge on any atom is 0.271 e. The molecule has 1 aliphatic rings. The summed E-state index contributed by atoms with van der Waals surface area (Å²) >= 11 is 0. The van der Waals surface area contributed by atoms with Gasteiger partial charge in [-0.1, -0.05) is 64.9 Å². The second-order valence-electron chi connectivity index (χ2n) is 6.51. The molecule has 3 rings (SSSR count). The highest BCUT2D eigenvalue weighted by Crippen LogP contribution is 2.48. The van der Waals surface area contributed by atoms with Crippen molar-refractivity contribution in [1.29, 1.82) is 0 Å². The number of rotatable bonds is 8. The van der Waals surface area contributed by atoms with Gasteiger partial charge in [0.2, 0.25) is 0 Å². The van der Waals surface area contributed by atoms with E-state index in [4.69, 9.17) is 15.4 Å². The normalized spacial score (nSPS) is 19.5. The molecule has 0 aromatic heterocycles. The van der Waals surface area contributed by atoms with Crippen molar-refractivity contribution in [3.8, 4) is 0 Å². The minimum atomic E-state index is -0.660. The zero-order valence-corrected chi connectivity index (χ0v) is 15.5. The molecule has 1 aliphatic carbocycles. The van der Waals surface area contributed by atoms with Crippen LogP contribution in [-0.2, 0) is 21.1 Å². The van der Waals surface area contributed by atoms with E-state index in [1.54, 1.807) is 12.1 Å². The minimum absolute atomic E-state index is 0.0590. The number of benzene rings is 2. The van der Waals surface area contributed by atoms with E-state index in [2.05, 4.69) is 34.6 Å². The van der Waals surface area contributed by atoms with Gasteiger partial charge in [0.25, 0.3) is 5.91 Å². The fraction of sp³-hybridized carbons (Fsp3) is 0.286. The molecule has 1 fully saturated rings. The molecule has 2 aromatic rings. The Labute approximate surface area is 158 Å². The molecule has 27 heavy (non-hydrogen) atoms. The molecule has 0 aliphatic heterocycles. The molecule has 0 unspecified atom stereocenters. The number of carbonyl (C=O) groups excluding carboxylic acids is 1. The Morgan fingerprint density at radius 1 is 1.11 bits per heavy atom. The Morgan fingerprint density at radius 2 is 1.81 bits per heavy atom. The van der Waals surface area contributed by atoms with Crippen LogP contribution in [0.4, 0.5) is 0 Å². The van der Waals surface area contributed by atoms with Gasteiger partial charge < -0.3 is 15.4 Å². The Morgan fingerprint density at radius 3 is 2.52 bits per heavy atom. The summed E-state index contributed by atoms with van der Waals surface area (Å²) in [4.78, 5) is 21.9. The first kappa shape index (κ1) is 18.6. The Bertz CT molecular complexity index is 862. The lowest BCUT2D eigenvalue weighted by Gasteiger charge is -2.09. The maximum absolute atomic E-state index is 11.6. The molecule has 140 valence electrons. The molecule has 0 bridgehead atoms. The lowest BCUT2D eigenvalue weighted by molar-refractivity contribution is -0.112. The summed E-state index contributed by atoms with van der Waals surface area (Å²) < 4.78 is 0.